The molecule has 3 N–H and O–H groups in total. The van der Waals surface area contributed by atoms with E-state index in [2.05, 4.69) is 45.6 Å². The van der Waals surface area contributed by atoms with Crippen molar-refractivity contribution < 1.29 is 4.79 Å². The Morgan fingerprint density at radius 1 is 1.35 bits per heavy atom. The van der Waals surface area contributed by atoms with Crippen LogP contribution >= 0.6 is 0 Å². The number of carbonyl (C=O) groups is 1. The van der Waals surface area contributed by atoms with Gasteiger partial charge < -0.3 is 10.3 Å². The SMILES string of the molecule is Cc1ccc2[nH]cc(CCC(=O)Nc3cn[nH]c3)c2c1. The fourth-order valence-corrected chi connectivity index (χ4v) is 2.29. The molecule has 0 aliphatic rings. The van der Waals surface area contributed by atoms with Gasteiger partial charge in [0.15, 0.2) is 0 Å². The third-order valence-electron chi connectivity index (χ3n) is 3.33. The van der Waals surface area contributed by atoms with Crippen molar-refractivity contribution in [1.29, 1.82) is 0 Å². The number of nitrogens with one attached hydrogen (secondary N) is 3. The van der Waals surface area contributed by atoms with E-state index in [-0.39, 0.29) is 5.91 Å². The van der Waals surface area contributed by atoms with E-state index in [1.54, 1.807) is 12.4 Å². The molecule has 0 unspecified atom stereocenters. The minimum absolute atomic E-state index is 0.00611. The van der Waals surface area contributed by atoms with Gasteiger partial charge in [-0.2, -0.15) is 5.10 Å². The summed E-state index contributed by atoms with van der Waals surface area (Å²) in [5, 5.41) is 10.5. The highest BCUT2D eigenvalue weighted by atomic mass is 16.1. The summed E-state index contributed by atoms with van der Waals surface area (Å²) in [5.74, 6) is -0.00611. The van der Waals surface area contributed by atoms with E-state index in [9.17, 15) is 4.79 Å². The summed E-state index contributed by atoms with van der Waals surface area (Å²) in [7, 11) is 0. The Kier molecular flexibility index (Phi) is 3.25. The number of carbonyl (C=O) groups excluding carboxylic acids is 1. The highest BCUT2D eigenvalue weighted by Gasteiger charge is 2.07. The molecule has 2 aromatic heterocycles. The maximum absolute atomic E-state index is 11.8. The summed E-state index contributed by atoms with van der Waals surface area (Å²) in [5.41, 5.74) is 4.21. The zero-order valence-electron chi connectivity index (χ0n) is 11.2. The van der Waals surface area contributed by atoms with Crippen molar-refractivity contribution >= 4 is 22.5 Å². The summed E-state index contributed by atoms with van der Waals surface area (Å²) < 4.78 is 0. The molecular weight excluding hydrogens is 252 g/mol. The lowest BCUT2D eigenvalue weighted by atomic mass is 10.1. The molecule has 2 heterocycles. The Morgan fingerprint density at radius 3 is 3.05 bits per heavy atom. The number of amides is 1. The standard InChI is InChI=1S/C15H16N4O/c1-10-2-4-14-13(6-10)11(7-16-14)3-5-15(20)19-12-8-17-18-9-12/h2,4,6-9,16H,3,5H2,1H3,(H,17,18)(H,19,20). The molecule has 20 heavy (non-hydrogen) atoms. The molecule has 3 aromatic rings. The molecule has 0 aliphatic carbocycles. The van der Waals surface area contributed by atoms with Crippen LogP contribution in [-0.4, -0.2) is 21.1 Å². The van der Waals surface area contributed by atoms with Crippen LogP contribution in [0.5, 0.6) is 0 Å². The average Bonchev–Trinajstić information content (AvgIpc) is 3.05. The largest absolute Gasteiger partial charge is 0.361 e. The second kappa shape index (κ2) is 5.21. The second-order valence-corrected chi connectivity index (χ2v) is 4.90. The van der Waals surface area contributed by atoms with Gasteiger partial charge >= 0.3 is 0 Å². The molecule has 1 aromatic carbocycles. The Hall–Kier alpha value is -2.56. The number of hydrogen-bond acceptors (Lipinski definition) is 2. The van der Waals surface area contributed by atoms with Crippen LogP contribution in [-0.2, 0) is 11.2 Å². The highest BCUT2D eigenvalue weighted by molar-refractivity contribution is 5.91. The molecule has 1 amide bonds. The van der Waals surface area contributed by atoms with Crippen LogP contribution in [0, 0.1) is 6.92 Å². The summed E-state index contributed by atoms with van der Waals surface area (Å²) in [6.07, 6.45) is 6.40. The van der Waals surface area contributed by atoms with Crippen LogP contribution in [0.4, 0.5) is 5.69 Å². The van der Waals surface area contributed by atoms with E-state index in [1.807, 2.05) is 6.20 Å². The number of hydrogen-bond donors (Lipinski definition) is 3. The molecule has 0 atom stereocenters. The van der Waals surface area contributed by atoms with Crippen LogP contribution in [0.15, 0.2) is 36.8 Å². The number of aromatic nitrogens is 3. The third kappa shape index (κ3) is 2.56. The van der Waals surface area contributed by atoms with Gasteiger partial charge in [0.25, 0.3) is 0 Å². The minimum atomic E-state index is -0.00611. The number of fused-ring (bicyclic) bond motifs is 1. The average molecular weight is 268 g/mol. The van der Waals surface area contributed by atoms with Crippen molar-refractivity contribution in [3.8, 4) is 0 Å². The lowest BCUT2D eigenvalue weighted by Crippen LogP contribution is -2.11. The predicted octanol–water partition coefficient (Wildman–Crippen LogP) is 2.77. The number of rotatable bonds is 4. The van der Waals surface area contributed by atoms with Gasteiger partial charge in [-0.3, -0.25) is 9.89 Å². The quantitative estimate of drug-likeness (QED) is 0.680. The summed E-state index contributed by atoms with van der Waals surface area (Å²) in [4.78, 5) is 15.1. The second-order valence-electron chi connectivity index (χ2n) is 4.90. The third-order valence-corrected chi connectivity index (χ3v) is 3.33. The van der Waals surface area contributed by atoms with Crippen molar-refractivity contribution in [2.75, 3.05) is 5.32 Å². The molecular formula is C15H16N4O. The Labute approximate surface area is 116 Å². The number of anilines is 1. The molecule has 5 nitrogen and oxygen atoms in total. The van der Waals surface area contributed by atoms with Crippen LogP contribution in [0.25, 0.3) is 10.9 Å². The van der Waals surface area contributed by atoms with E-state index >= 15 is 0 Å². The molecule has 0 saturated heterocycles. The van der Waals surface area contributed by atoms with E-state index in [0.717, 1.165) is 5.52 Å². The lowest BCUT2D eigenvalue weighted by Gasteiger charge is -2.02. The Morgan fingerprint density at radius 2 is 2.25 bits per heavy atom. The number of aryl methyl sites for hydroxylation is 2. The maximum atomic E-state index is 11.8. The zero-order chi connectivity index (χ0) is 13.9. The van der Waals surface area contributed by atoms with Crippen molar-refractivity contribution in [2.24, 2.45) is 0 Å². The van der Waals surface area contributed by atoms with Gasteiger partial charge in [0.05, 0.1) is 11.9 Å². The summed E-state index contributed by atoms with van der Waals surface area (Å²) in [6, 6.07) is 6.29. The summed E-state index contributed by atoms with van der Waals surface area (Å²) >= 11 is 0. The van der Waals surface area contributed by atoms with E-state index < -0.39 is 0 Å². The number of nitrogens with zero attached hydrogens (tertiary/aromatic N) is 1. The first-order valence-electron chi connectivity index (χ1n) is 6.57. The maximum Gasteiger partial charge on any atom is 0.224 e. The normalized spacial score (nSPS) is 10.8. The monoisotopic (exact) mass is 268 g/mol. The van der Waals surface area contributed by atoms with Gasteiger partial charge in [0, 0.05) is 29.7 Å². The van der Waals surface area contributed by atoms with E-state index in [1.165, 1.54) is 16.5 Å². The summed E-state index contributed by atoms with van der Waals surface area (Å²) in [6.45, 7) is 2.07. The molecule has 0 saturated carbocycles. The van der Waals surface area contributed by atoms with Gasteiger partial charge in [0.1, 0.15) is 0 Å². The van der Waals surface area contributed by atoms with Gasteiger partial charge in [-0.05, 0) is 31.0 Å². The zero-order valence-corrected chi connectivity index (χ0v) is 11.2. The van der Waals surface area contributed by atoms with Gasteiger partial charge in [-0.25, -0.2) is 0 Å². The topological polar surface area (TPSA) is 73.6 Å². The van der Waals surface area contributed by atoms with Crippen LogP contribution in [0.1, 0.15) is 17.5 Å². The predicted molar refractivity (Wildman–Crippen MR) is 78.6 cm³/mol. The van der Waals surface area contributed by atoms with Crippen molar-refractivity contribution in [3.05, 3.63) is 47.9 Å². The van der Waals surface area contributed by atoms with Crippen LogP contribution in [0.3, 0.4) is 0 Å². The first kappa shape index (κ1) is 12.5. The Bertz CT molecular complexity index is 728. The molecule has 3 rings (SSSR count). The smallest absolute Gasteiger partial charge is 0.224 e. The Balaban J connectivity index is 1.67. The fourth-order valence-electron chi connectivity index (χ4n) is 2.29. The number of aromatic amines is 2. The number of H-pyrrole nitrogens is 2. The first-order valence-corrected chi connectivity index (χ1v) is 6.57. The van der Waals surface area contributed by atoms with E-state index in [4.69, 9.17) is 0 Å². The van der Waals surface area contributed by atoms with Crippen molar-refractivity contribution in [3.63, 3.8) is 0 Å². The van der Waals surface area contributed by atoms with E-state index in [0.29, 0.717) is 18.5 Å². The van der Waals surface area contributed by atoms with Crippen LogP contribution in [0.2, 0.25) is 0 Å². The number of benzene rings is 1. The van der Waals surface area contributed by atoms with Gasteiger partial charge in [0.2, 0.25) is 5.91 Å². The van der Waals surface area contributed by atoms with Gasteiger partial charge in [-0.15, -0.1) is 0 Å². The minimum Gasteiger partial charge on any atom is -0.361 e. The first-order chi connectivity index (χ1) is 9.72. The molecule has 0 spiro atoms. The van der Waals surface area contributed by atoms with Crippen molar-refractivity contribution in [2.45, 2.75) is 19.8 Å². The molecule has 102 valence electrons. The molecule has 5 heteroatoms. The van der Waals surface area contributed by atoms with Crippen molar-refractivity contribution in [1.82, 2.24) is 15.2 Å². The fraction of sp³-hybridized carbons (Fsp3) is 0.200. The van der Waals surface area contributed by atoms with Gasteiger partial charge in [-0.1, -0.05) is 11.6 Å². The highest BCUT2D eigenvalue weighted by Crippen LogP contribution is 2.21. The molecule has 0 bridgehead atoms. The molecule has 0 aliphatic heterocycles. The lowest BCUT2D eigenvalue weighted by molar-refractivity contribution is -0.116. The molecule has 0 radical (unpaired) electrons. The molecule has 0 fully saturated rings. The van der Waals surface area contributed by atoms with Crippen LogP contribution < -0.4 is 5.32 Å².